The maximum absolute atomic E-state index is 15.3. The van der Waals surface area contributed by atoms with Gasteiger partial charge in [-0.1, -0.05) is 11.2 Å². The lowest BCUT2D eigenvalue weighted by Crippen LogP contribution is -2.46. The van der Waals surface area contributed by atoms with E-state index < -0.39 is 5.82 Å². The first-order valence-electron chi connectivity index (χ1n) is 9.18. The van der Waals surface area contributed by atoms with Gasteiger partial charge in [-0.2, -0.15) is 0 Å². The number of aromatic nitrogens is 2. The quantitative estimate of drug-likeness (QED) is 0.675. The lowest BCUT2D eigenvalue weighted by Gasteiger charge is -2.37. The van der Waals surface area contributed by atoms with Crippen LogP contribution in [0.2, 0.25) is 0 Å². The normalized spacial score (nSPS) is 19.8. The minimum absolute atomic E-state index is 0.0240. The molecule has 1 aromatic carbocycles. The summed E-state index contributed by atoms with van der Waals surface area (Å²) in [5.41, 5.74) is 1.32. The van der Waals surface area contributed by atoms with E-state index in [1.54, 1.807) is 12.3 Å². The van der Waals surface area contributed by atoms with Crippen molar-refractivity contribution in [1.29, 1.82) is 0 Å². The van der Waals surface area contributed by atoms with E-state index in [2.05, 4.69) is 15.5 Å². The first-order chi connectivity index (χ1) is 13.6. The highest BCUT2D eigenvalue weighted by Crippen LogP contribution is 2.35. The van der Waals surface area contributed by atoms with Gasteiger partial charge in [-0.25, -0.2) is 4.39 Å². The van der Waals surface area contributed by atoms with Crippen LogP contribution in [0, 0.1) is 5.82 Å². The summed E-state index contributed by atoms with van der Waals surface area (Å²) in [6.45, 7) is 5.24. The first kappa shape index (κ1) is 18.4. The number of aldehydes is 1. The van der Waals surface area contributed by atoms with Crippen LogP contribution in [0.5, 0.6) is 0 Å². The third-order valence-electron chi connectivity index (χ3n) is 4.73. The van der Waals surface area contributed by atoms with Crippen LogP contribution < -0.4 is 10.2 Å². The lowest BCUT2D eigenvalue weighted by molar-refractivity contribution is -0.00543. The summed E-state index contributed by atoms with van der Waals surface area (Å²) < 4.78 is 26.3. The Labute approximate surface area is 161 Å². The number of hydrogen-bond acceptors (Lipinski definition) is 7. The van der Waals surface area contributed by atoms with Gasteiger partial charge in [-0.05, 0) is 32.0 Å². The third kappa shape index (κ3) is 3.43. The number of rotatable bonds is 5. The number of benzene rings is 1. The van der Waals surface area contributed by atoms with E-state index >= 15 is 4.39 Å². The largest absolute Gasteiger partial charge is 0.372 e. The van der Waals surface area contributed by atoms with Crippen molar-refractivity contribution >= 4 is 28.8 Å². The minimum atomic E-state index is -0.584. The number of fused-ring (bicyclic) bond motifs is 1. The van der Waals surface area contributed by atoms with Crippen LogP contribution in [-0.2, 0) is 11.3 Å². The van der Waals surface area contributed by atoms with Crippen molar-refractivity contribution in [3.8, 4) is 0 Å². The number of ether oxygens (including phenoxy) is 1. The maximum atomic E-state index is 15.3. The zero-order chi connectivity index (χ0) is 19.7. The second-order valence-electron chi connectivity index (χ2n) is 6.99. The van der Waals surface area contributed by atoms with E-state index in [1.165, 1.54) is 0 Å². The van der Waals surface area contributed by atoms with Crippen molar-refractivity contribution in [2.24, 2.45) is 0 Å². The van der Waals surface area contributed by atoms with Gasteiger partial charge in [0.15, 0.2) is 17.9 Å². The number of carbonyl (C=O) groups excluding carboxylic acids is 1. The highest BCUT2D eigenvalue weighted by atomic mass is 19.1. The number of morpholine rings is 1. The maximum Gasteiger partial charge on any atom is 0.206 e. The van der Waals surface area contributed by atoms with Crippen molar-refractivity contribution in [3.05, 3.63) is 47.5 Å². The van der Waals surface area contributed by atoms with E-state index in [0.29, 0.717) is 37.1 Å². The van der Waals surface area contributed by atoms with E-state index in [9.17, 15) is 4.79 Å². The molecule has 3 aromatic rings. The molecule has 0 radical (unpaired) electrons. The van der Waals surface area contributed by atoms with E-state index in [0.717, 1.165) is 5.69 Å². The number of pyridine rings is 1. The van der Waals surface area contributed by atoms with Crippen LogP contribution in [0.4, 0.5) is 15.9 Å². The highest BCUT2D eigenvalue weighted by molar-refractivity contribution is 5.98. The fraction of sp³-hybridized carbons (Fsp3) is 0.350. The third-order valence-corrected chi connectivity index (χ3v) is 4.73. The van der Waals surface area contributed by atoms with Crippen LogP contribution in [0.25, 0.3) is 11.0 Å². The summed E-state index contributed by atoms with van der Waals surface area (Å²) in [5, 5.41) is 7.47. The molecule has 0 spiro atoms. The Balaban J connectivity index is 1.69. The van der Waals surface area contributed by atoms with Crippen LogP contribution in [0.15, 0.2) is 35.0 Å². The zero-order valence-corrected chi connectivity index (χ0v) is 15.7. The van der Waals surface area contributed by atoms with Gasteiger partial charge in [0.2, 0.25) is 5.58 Å². The summed E-state index contributed by atoms with van der Waals surface area (Å²) in [7, 11) is 0. The average molecular weight is 384 g/mol. The van der Waals surface area contributed by atoms with Crippen molar-refractivity contribution < 1.29 is 18.4 Å². The molecular weight excluding hydrogens is 363 g/mol. The van der Waals surface area contributed by atoms with Crippen molar-refractivity contribution in [2.45, 2.75) is 32.6 Å². The Kier molecular flexibility index (Phi) is 4.95. The Hall–Kier alpha value is -3.00. The SMILES string of the molecule is C[C@@H]1CN(c2c(C=O)cc3c(NCc4ccccn4)noc3c2F)C[C@H](C)O1. The second-order valence-corrected chi connectivity index (χ2v) is 6.99. The molecule has 1 saturated heterocycles. The Bertz CT molecular complexity index is 982. The first-order valence-corrected chi connectivity index (χ1v) is 9.18. The predicted molar refractivity (Wildman–Crippen MR) is 103 cm³/mol. The molecule has 7 nitrogen and oxygen atoms in total. The van der Waals surface area contributed by atoms with Crippen LogP contribution in [-0.4, -0.2) is 41.7 Å². The van der Waals surface area contributed by atoms with Gasteiger partial charge in [0.05, 0.1) is 35.5 Å². The second kappa shape index (κ2) is 7.55. The number of nitrogens with one attached hydrogen (secondary N) is 1. The molecule has 1 aliphatic rings. The van der Waals surface area contributed by atoms with Gasteiger partial charge in [0, 0.05) is 24.8 Å². The zero-order valence-electron chi connectivity index (χ0n) is 15.7. The molecule has 0 amide bonds. The summed E-state index contributed by atoms with van der Waals surface area (Å²) >= 11 is 0. The standard InChI is InChI=1S/C20H21FN4O3/c1-12-9-25(10-13(2)27-12)18-14(11-26)7-16-19(17(18)21)28-24-20(16)23-8-15-5-3-4-6-22-15/h3-7,11-13H,8-10H2,1-2H3,(H,23,24)/t12-,13+. The molecule has 0 bridgehead atoms. The Morgan fingerprint density at radius 2 is 2.11 bits per heavy atom. The number of carbonyl (C=O) groups is 1. The van der Waals surface area contributed by atoms with Crippen LogP contribution in [0.3, 0.4) is 0 Å². The van der Waals surface area contributed by atoms with Gasteiger partial charge >= 0.3 is 0 Å². The Morgan fingerprint density at radius 1 is 1.32 bits per heavy atom. The molecule has 28 heavy (non-hydrogen) atoms. The predicted octanol–water partition coefficient (Wildman–Crippen LogP) is 3.40. The summed E-state index contributed by atoms with van der Waals surface area (Å²) in [4.78, 5) is 17.8. The molecular formula is C20H21FN4O3. The van der Waals surface area contributed by atoms with Crippen LogP contribution >= 0.6 is 0 Å². The topological polar surface area (TPSA) is 80.5 Å². The Morgan fingerprint density at radius 3 is 2.79 bits per heavy atom. The van der Waals surface area contributed by atoms with Gasteiger partial charge in [0.25, 0.3) is 0 Å². The number of hydrogen-bond donors (Lipinski definition) is 1. The summed E-state index contributed by atoms with van der Waals surface area (Å²) in [6.07, 6.45) is 2.23. The molecule has 0 saturated carbocycles. The van der Waals surface area contributed by atoms with E-state index in [1.807, 2.05) is 36.9 Å². The molecule has 146 valence electrons. The molecule has 2 atom stereocenters. The lowest BCUT2D eigenvalue weighted by atomic mass is 10.1. The molecule has 1 N–H and O–H groups in total. The minimum Gasteiger partial charge on any atom is -0.372 e. The van der Waals surface area contributed by atoms with E-state index in [4.69, 9.17) is 9.26 Å². The molecule has 2 aromatic heterocycles. The number of halogens is 1. The average Bonchev–Trinajstić information content (AvgIpc) is 3.09. The fourth-order valence-electron chi connectivity index (χ4n) is 3.62. The molecule has 4 rings (SSSR count). The number of anilines is 2. The molecule has 3 heterocycles. The van der Waals surface area contributed by atoms with Gasteiger partial charge in [0.1, 0.15) is 0 Å². The number of nitrogens with zero attached hydrogens (tertiary/aromatic N) is 3. The molecule has 1 fully saturated rings. The highest BCUT2D eigenvalue weighted by Gasteiger charge is 2.29. The van der Waals surface area contributed by atoms with Crippen molar-refractivity contribution in [1.82, 2.24) is 10.1 Å². The fourth-order valence-corrected chi connectivity index (χ4v) is 3.62. The van der Waals surface area contributed by atoms with Crippen molar-refractivity contribution in [2.75, 3.05) is 23.3 Å². The van der Waals surface area contributed by atoms with Gasteiger partial charge in [-0.15, -0.1) is 0 Å². The summed E-state index contributed by atoms with van der Waals surface area (Å²) in [5.74, 6) is -0.211. The smallest absolute Gasteiger partial charge is 0.206 e. The van der Waals surface area contributed by atoms with E-state index in [-0.39, 0.29) is 29.0 Å². The molecule has 0 unspecified atom stereocenters. The van der Waals surface area contributed by atoms with Crippen LogP contribution in [0.1, 0.15) is 29.9 Å². The summed E-state index contributed by atoms with van der Waals surface area (Å²) in [6, 6.07) is 7.19. The van der Waals surface area contributed by atoms with Gasteiger partial charge in [-0.3, -0.25) is 9.78 Å². The monoisotopic (exact) mass is 384 g/mol. The van der Waals surface area contributed by atoms with Crippen molar-refractivity contribution in [3.63, 3.8) is 0 Å². The molecule has 0 aliphatic carbocycles. The molecule has 1 aliphatic heterocycles. The van der Waals surface area contributed by atoms with Gasteiger partial charge < -0.3 is 19.5 Å². The molecule has 8 heteroatoms.